The van der Waals surface area contributed by atoms with Crippen molar-refractivity contribution in [3.8, 4) is 0 Å². The van der Waals surface area contributed by atoms with Crippen LogP contribution in [-0.4, -0.2) is 29.8 Å². The largest absolute Gasteiger partial charge is 0.339 e. The zero-order chi connectivity index (χ0) is 20.4. The van der Waals surface area contributed by atoms with Gasteiger partial charge in [0, 0.05) is 30.3 Å². The van der Waals surface area contributed by atoms with Crippen LogP contribution in [0.5, 0.6) is 0 Å². The molecule has 2 amide bonds. The van der Waals surface area contributed by atoms with E-state index in [-0.39, 0.29) is 23.5 Å². The number of nitrogens with one attached hydrogen (secondary N) is 1. The minimum atomic E-state index is -0.374. The molecule has 3 aromatic rings. The maximum absolute atomic E-state index is 13.5. The Bertz CT molecular complexity index is 1070. The predicted octanol–water partition coefficient (Wildman–Crippen LogP) is 4.78. The Hall–Kier alpha value is -3.21. The van der Waals surface area contributed by atoms with Gasteiger partial charge in [-0.3, -0.25) is 9.59 Å². The Labute approximate surface area is 169 Å². The van der Waals surface area contributed by atoms with E-state index in [1.807, 2.05) is 54.3 Å². The molecule has 3 aromatic carbocycles. The summed E-state index contributed by atoms with van der Waals surface area (Å²) in [6, 6.07) is 18.0. The number of benzene rings is 3. The summed E-state index contributed by atoms with van der Waals surface area (Å²) in [5.41, 5.74) is 2.02. The minimum absolute atomic E-state index is 0.00151. The summed E-state index contributed by atoms with van der Waals surface area (Å²) in [6.07, 6.45) is 1.19. The molecule has 1 aliphatic rings. The molecular weight excluding hydrogens is 367 g/mol. The van der Waals surface area contributed by atoms with Gasteiger partial charge in [-0.2, -0.15) is 0 Å². The van der Waals surface area contributed by atoms with Gasteiger partial charge >= 0.3 is 0 Å². The second-order valence-corrected chi connectivity index (χ2v) is 7.54. The topological polar surface area (TPSA) is 49.4 Å². The Morgan fingerprint density at radius 3 is 2.52 bits per heavy atom. The number of anilines is 1. The van der Waals surface area contributed by atoms with Gasteiger partial charge in [0.25, 0.3) is 5.91 Å². The van der Waals surface area contributed by atoms with Crippen LogP contribution in [0.15, 0.2) is 60.7 Å². The number of hydrogen-bond acceptors (Lipinski definition) is 2. The molecule has 0 atom stereocenters. The van der Waals surface area contributed by atoms with Gasteiger partial charge in [0.15, 0.2) is 0 Å². The van der Waals surface area contributed by atoms with E-state index in [2.05, 4.69) is 5.32 Å². The third kappa shape index (κ3) is 3.99. The first-order valence-corrected chi connectivity index (χ1v) is 9.87. The zero-order valence-corrected chi connectivity index (χ0v) is 16.3. The van der Waals surface area contributed by atoms with Crippen molar-refractivity contribution in [3.63, 3.8) is 0 Å². The number of amides is 2. The highest BCUT2D eigenvalue weighted by Gasteiger charge is 2.28. The van der Waals surface area contributed by atoms with E-state index in [1.165, 1.54) is 12.1 Å². The number of piperidine rings is 1. The monoisotopic (exact) mass is 390 g/mol. The minimum Gasteiger partial charge on any atom is -0.339 e. The number of hydrogen-bond donors (Lipinski definition) is 1. The van der Waals surface area contributed by atoms with Gasteiger partial charge in [0.2, 0.25) is 5.91 Å². The number of carbonyl (C=O) groups excluding carboxylic acids is 2. The Kier molecular flexibility index (Phi) is 5.30. The number of rotatable bonds is 3. The van der Waals surface area contributed by atoms with E-state index in [1.54, 1.807) is 6.07 Å². The average Bonchev–Trinajstić information content (AvgIpc) is 2.75. The van der Waals surface area contributed by atoms with Gasteiger partial charge in [-0.15, -0.1) is 0 Å². The summed E-state index contributed by atoms with van der Waals surface area (Å²) in [7, 11) is 0. The second-order valence-electron chi connectivity index (χ2n) is 7.54. The molecule has 5 heteroatoms. The molecule has 0 saturated carbocycles. The average molecular weight is 390 g/mol. The Morgan fingerprint density at radius 1 is 1.00 bits per heavy atom. The van der Waals surface area contributed by atoms with Crippen LogP contribution in [0, 0.1) is 18.7 Å². The Balaban J connectivity index is 1.42. The van der Waals surface area contributed by atoms with Crippen LogP contribution < -0.4 is 5.32 Å². The smallest absolute Gasteiger partial charge is 0.254 e. The fourth-order valence-corrected chi connectivity index (χ4v) is 3.89. The van der Waals surface area contributed by atoms with Gasteiger partial charge in [-0.25, -0.2) is 4.39 Å². The summed E-state index contributed by atoms with van der Waals surface area (Å²) in [4.78, 5) is 27.5. The predicted molar refractivity (Wildman–Crippen MR) is 112 cm³/mol. The first-order valence-electron chi connectivity index (χ1n) is 9.87. The normalized spacial score (nSPS) is 14.8. The molecule has 1 saturated heterocycles. The highest BCUT2D eigenvalue weighted by molar-refractivity contribution is 6.07. The molecule has 1 aliphatic heterocycles. The highest BCUT2D eigenvalue weighted by atomic mass is 19.1. The molecule has 0 aliphatic carbocycles. The lowest BCUT2D eigenvalue weighted by atomic mass is 9.94. The van der Waals surface area contributed by atoms with Crippen molar-refractivity contribution in [2.75, 3.05) is 18.4 Å². The van der Waals surface area contributed by atoms with Crippen molar-refractivity contribution in [2.24, 2.45) is 5.92 Å². The van der Waals surface area contributed by atoms with Crippen LogP contribution in [0.2, 0.25) is 0 Å². The quantitative estimate of drug-likeness (QED) is 0.700. The molecule has 148 valence electrons. The second kappa shape index (κ2) is 8.03. The first-order chi connectivity index (χ1) is 14.0. The van der Waals surface area contributed by atoms with Gasteiger partial charge < -0.3 is 10.2 Å². The standard InChI is InChI=1S/C24H23FN2O2/c1-16-9-10-19(25)15-22(16)26-23(28)18-11-13-27(14-12-18)24(29)21-8-4-6-17-5-2-3-7-20(17)21/h2-10,15,18H,11-14H2,1H3,(H,26,28). The number of carbonyl (C=O) groups is 2. The van der Waals surface area contributed by atoms with Gasteiger partial charge in [-0.1, -0.05) is 42.5 Å². The van der Waals surface area contributed by atoms with Gasteiger partial charge in [0.1, 0.15) is 5.82 Å². The van der Waals surface area contributed by atoms with Crippen LogP contribution in [0.1, 0.15) is 28.8 Å². The third-order valence-electron chi connectivity index (χ3n) is 5.63. The van der Waals surface area contributed by atoms with Crippen LogP contribution in [-0.2, 0) is 4.79 Å². The SMILES string of the molecule is Cc1ccc(F)cc1NC(=O)C1CCN(C(=O)c2cccc3ccccc23)CC1. The molecular formula is C24H23FN2O2. The summed E-state index contributed by atoms with van der Waals surface area (Å²) in [5.74, 6) is -0.673. The lowest BCUT2D eigenvalue weighted by Crippen LogP contribution is -2.41. The maximum atomic E-state index is 13.5. The van der Waals surface area contributed by atoms with E-state index >= 15 is 0 Å². The highest BCUT2D eigenvalue weighted by Crippen LogP contribution is 2.25. The van der Waals surface area contributed by atoms with Crippen molar-refractivity contribution in [2.45, 2.75) is 19.8 Å². The third-order valence-corrected chi connectivity index (χ3v) is 5.63. The molecule has 1 fully saturated rings. The molecule has 0 spiro atoms. The summed E-state index contributed by atoms with van der Waals surface area (Å²) >= 11 is 0. The van der Waals surface area contributed by atoms with Crippen molar-refractivity contribution >= 4 is 28.3 Å². The summed E-state index contributed by atoms with van der Waals surface area (Å²) < 4.78 is 13.5. The Morgan fingerprint density at radius 2 is 1.72 bits per heavy atom. The van der Waals surface area contributed by atoms with Crippen molar-refractivity contribution < 1.29 is 14.0 Å². The molecule has 4 rings (SSSR count). The molecule has 1 N–H and O–H groups in total. The van der Waals surface area contributed by atoms with Crippen molar-refractivity contribution in [1.29, 1.82) is 0 Å². The van der Waals surface area contributed by atoms with Crippen LogP contribution >= 0.6 is 0 Å². The molecule has 0 bridgehead atoms. The van der Waals surface area contributed by atoms with E-state index in [0.29, 0.717) is 37.2 Å². The molecule has 0 unspecified atom stereocenters. The van der Waals surface area contributed by atoms with E-state index < -0.39 is 0 Å². The number of halogens is 1. The van der Waals surface area contributed by atoms with E-state index in [4.69, 9.17) is 0 Å². The zero-order valence-electron chi connectivity index (χ0n) is 16.3. The van der Waals surface area contributed by atoms with Crippen molar-refractivity contribution in [1.82, 2.24) is 4.90 Å². The van der Waals surface area contributed by atoms with Crippen LogP contribution in [0.3, 0.4) is 0 Å². The van der Waals surface area contributed by atoms with Gasteiger partial charge in [-0.05, 0) is 54.3 Å². The lowest BCUT2D eigenvalue weighted by Gasteiger charge is -2.31. The van der Waals surface area contributed by atoms with Gasteiger partial charge in [0.05, 0.1) is 0 Å². The molecule has 4 nitrogen and oxygen atoms in total. The summed E-state index contributed by atoms with van der Waals surface area (Å²) in [6.45, 7) is 2.89. The number of fused-ring (bicyclic) bond motifs is 1. The fraction of sp³-hybridized carbons (Fsp3) is 0.250. The molecule has 1 heterocycles. The van der Waals surface area contributed by atoms with E-state index in [9.17, 15) is 14.0 Å². The fourth-order valence-electron chi connectivity index (χ4n) is 3.89. The molecule has 0 aromatic heterocycles. The molecule has 29 heavy (non-hydrogen) atoms. The number of aryl methyl sites for hydroxylation is 1. The van der Waals surface area contributed by atoms with Crippen LogP contribution in [0.25, 0.3) is 10.8 Å². The van der Waals surface area contributed by atoms with Crippen LogP contribution in [0.4, 0.5) is 10.1 Å². The summed E-state index contributed by atoms with van der Waals surface area (Å²) in [5, 5.41) is 4.82. The van der Waals surface area contributed by atoms with Crippen molar-refractivity contribution in [3.05, 3.63) is 77.6 Å². The molecule has 0 radical (unpaired) electrons. The number of nitrogens with zero attached hydrogens (tertiary/aromatic N) is 1. The van der Waals surface area contributed by atoms with E-state index in [0.717, 1.165) is 16.3 Å². The first kappa shape index (κ1) is 19.1. The maximum Gasteiger partial charge on any atom is 0.254 e. The number of likely N-dealkylation sites (tertiary alicyclic amines) is 1. The lowest BCUT2D eigenvalue weighted by molar-refractivity contribution is -0.121.